The van der Waals surface area contributed by atoms with Gasteiger partial charge in [0.25, 0.3) is 0 Å². The molecule has 306 valence electrons. The molecule has 1 aliphatic heterocycles. The lowest BCUT2D eigenvalue weighted by molar-refractivity contribution is -0.143. The van der Waals surface area contributed by atoms with E-state index >= 15 is 0 Å². The van der Waals surface area contributed by atoms with Crippen LogP contribution in [0.2, 0.25) is 0 Å². The van der Waals surface area contributed by atoms with Gasteiger partial charge in [0.05, 0.1) is 65.2 Å². The van der Waals surface area contributed by atoms with E-state index in [0.717, 1.165) is 10.8 Å². The number of phenols is 1. The second kappa shape index (κ2) is 17.2. The summed E-state index contributed by atoms with van der Waals surface area (Å²) in [6.07, 6.45) is 3.38. The molecule has 13 heteroatoms. The molecule has 0 atom stereocenters. The van der Waals surface area contributed by atoms with Gasteiger partial charge in [0, 0.05) is 52.8 Å². The molecular formula is C48H40N4O9. The van der Waals surface area contributed by atoms with Crippen molar-refractivity contribution in [1.82, 2.24) is 9.97 Å². The topological polar surface area (TPSA) is 190 Å². The number of ether oxygens (including phenoxy) is 2. The number of aromatic hydroxyl groups is 1. The number of fused-ring (bicyclic) bond motifs is 4. The summed E-state index contributed by atoms with van der Waals surface area (Å²) in [5, 5.41) is 30.7. The third-order valence-electron chi connectivity index (χ3n) is 10.4. The van der Waals surface area contributed by atoms with Crippen molar-refractivity contribution in [2.45, 2.75) is 39.8 Å². The van der Waals surface area contributed by atoms with Crippen molar-refractivity contribution in [2.75, 3.05) is 23.8 Å². The molecule has 0 spiro atoms. The summed E-state index contributed by atoms with van der Waals surface area (Å²) in [5.41, 5.74) is 5.58. The summed E-state index contributed by atoms with van der Waals surface area (Å²) < 4.78 is 17.1. The zero-order valence-corrected chi connectivity index (χ0v) is 33.3. The smallest absolute Gasteiger partial charge is 0.336 e. The Hall–Kier alpha value is -7.80. The van der Waals surface area contributed by atoms with Crippen molar-refractivity contribution in [3.63, 3.8) is 0 Å². The van der Waals surface area contributed by atoms with Crippen molar-refractivity contribution >= 4 is 62.1 Å². The largest absolute Gasteiger partial charge is 0.507 e. The molecule has 2 aromatic heterocycles. The van der Waals surface area contributed by atoms with E-state index in [9.17, 15) is 29.4 Å². The fourth-order valence-electron chi connectivity index (χ4n) is 7.72. The molecule has 61 heavy (non-hydrogen) atoms. The highest BCUT2D eigenvalue weighted by Crippen LogP contribution is 2.45. The number of carbonyl (C=O) groups excluding carboxylic acids is 2. The highest BCUT2D eigenvalue weighted by molar-refractivity contribution is 6.08. The minimum Gasteiger partial charge on any atom is -0.507 e. The third kappa shape index (κ3) is 8.13. The number of carboxylic acids is 1. The molecule has 4 aromatic carbocycles. The molecule has 13 nitrogen and oxygen atoms in total. The molecule has 0 amide bonds. The highest BCUT2D eigenvalue weighted by Gasteiger charge is 2.27. The Kier molecular flexibility index (Phi) is 11.3. The van der Waals surface area contributed by atoms with E-state index in [2.05, 4.69) is 20.6 Å². The highest BCUT2D eigenvalue weighted by atomic mass is 16.5. The number of carbonyl (C=O) groups is 3. The first-order valence-corrected chi connectivity index (χ1v) is 19.7. The number of rotatable bonds is 14. The maximum atomic E-state index is 13.9. The maximum Gasteiger partial charge on any atom is 0.336 e. The van der Waals surface area contributed by atoms with Gasteiger partial charge in [0.2, 0.25) is 0 Å². The monoisotopic (exact) mass is 816 g/mol. The lowest BCUT2D eigenvalue weighted by Gasteiger charge is -2.21. The maximum absolute atomic E-state index is 13.9. The molecule has 0 saturated carbocycles. The molecule has 0 radical (unpaired) electrons. The molecule has 2 aliphatic rings. The number of anilines is 2. The number of hydrogen-bond acceptors (Lipinski definition) is 12. The van der Waals surface area contributed by atoms with E-state index in [0.29, 0.717) is 61.2 Å². The van der Waals surface area contributed by atoms with E-state index in [1.807, 2.05) is 30.3 Å². The van der Waals surface area contributed by atoms with E-state index in [1.165, 1.54) is 18.2 Å². The number of hydrogen-bond donors (Lipinski definition) is 4. The second-order valence-electron chi connectivity index (χ2n) is 14.3. The summed E-state index contributed by atoms with van der Waals surface area (Å²) in [4.78, 5) is 60.7. The first kappa shape index (κ1) is 40.0. The zero-order chi connectivity index (χ0) is 42.6. The van der Waals surface area contributed by atoms with Crippen LogP contribution in [-0.2, 0) is 45.0 Å². The van der Waals surface area contributed by atoms with Crippen LogP contribution in [0.15, 0.2) is 119 Å². The predicted octanol–water partition coefficient (Wildman–Crippen LogP) is 8.50. The minimum absolute atomic E-state index is 0.00228. The second-order valence-corrected chi connectivity index (χ2v) is 14.3. The van der Waals surface area contributed by atoms with Crippen LogP contribution in [0.25, 0.3) is 55.2 Å². The Balaban J connectivity index is 1.28. The lowest BCUT2D eigenvalue weighted by atomic mass is 9.88. The number of esters is 2. The molecule has 4 N–H and O–H groups in total. The summed E-state index contributed by atoms with van der Waals surface area (Å²) in [6, 6.07) is 27.5. The van der Waals surface area contributed by atoms with Gasteiger partial charge in [-0.15, -0.1) is 0 Å². The molecule has 0 fully saturated rings. The number of nitrogens with one attached hydrogen (secondary N) is 2. The van der Waals surface area contributed by atoms with E-state index in [1.54, 1.807) is 74.8 Å². The number of carboxylic acid groups (broad SMARTS) is 1. The van der Waals surface area contributed by atoms with E-state index < -0.39 is 5.97 Å². The Bertz CT molecular complexity index is 3030. The summed E-state index contributed by atoms with van der Waals surface area (Å²) >= 11 is 0. The summed E-state index contributed by atoms with van der Waals surface area (Å²) in [5.74, 6) is -1.84. The van der Waals surface area contributed by atoms with Gasteiger partial charge in [-0.25, -0.2) is 4.79 Å². The van der Waals surface area contributed by atoms with Gasteiger partial charge in [0.15, 0.2) is 5.43 Å². The third-order valence-corrected chi connectivity index (χ3v) is 10.4. The molecule has 3 heterocycles. The van der Waals surface area contributed by atoms with E-state index in [-0.39, 0.29) is 84.7 Å². The van der Waals surface area contributed by atoms with Crippen LogP contribution in [0.3, 0.4) is 0 Å². The number of nitrogens with zero attached hydrogens (tertiary/aromatic N) is 2. The van der Waals surface area contributed by atoms with Gasteiger partial charge in [-0.05, 0) is 97.3 Å². The van der Waals surface area contributed by atoms with E-state index in [4.69, 9.17) is 13.9 Å². The van der Waals surface area contributed by atoms with Gasteiger partial charge in [0.1, 0.15) is 17.1 Å². The van der Waals surface area contributed by atoms with Crippen molar-refractivity contribution < 1.29 is 38.5 Å². The Labute approximate surface area is 349 Å². The van der Waals surface area contributed by atoms with Gasteiger partial charge in [-0.2, -0.15) is 0 Å². The van der Waals surface area contributed by atoms with Gasteiger partial charge >= 0.3 is 17.9 Å². The van der Waals surface area contributed by atoms with Crippen LogP contribution >= 0.6 is 0 Å². The molecule has 0 bridgehead atoms. The minimum atomic E-state index is -1.15. The van der Waals surface area contributed by atoms with Crippen LogP contribution in [-0.4, -0.2) is 51.3 Å². The van der Waals surface area contributed by atoms with Gasteiger partial charge in [-0.3, -0.25) is 24.4 Å². The fourth-order valence-corrected chi connectivity index (χ4v) is 7.72. The molecule has 1 aliphatic carbocycles. The van der Waals surface area contributed by atoms with Gasteiger partial charge in [-0.1, -0.05) is 30.3 Å². The van der Waals surface area contributed by atoms with Gasteiger partial charge < -0.3 is 34.7 Å². The fraction of sp³-hybridized carbons (Fsp3) is 0.167. The van der Waals surface area contributed by atoms with Crippen molar-refractivity contribution in [1.29, 1.82) is 0 Å². The first-order chi connectivity index (χ1) is 29.6. The van der Waals surface area contributed by atoms with Crippen LogP contribution in [0.5, 0.6) is 5.75 Å². The molecule has 6 aromatic rings. The van der Waals surface area contributed by atoms with Crippen LogP contribution < -0.4 is 16.1 Å². The normalized spacial score (nSPS) is 11.2. The van der Waals surface area contributed by atoms with Crippen molar-refractivity contribution in [3.8, 4) is 28.2 Å². The quantitative estimate of drug-likeness (QED) is 0.0604. The van der Waals surface area contributed by atoms with Crippen LogP contribution in [0, 0.1) is 0 Å². The van der Waals surface area contributed by atoms with Crippen molar-refractivity contribution in [3.05, 3.63) is 147 Å². The number of benzene rings is 5. The Morgan fingerprint density at radius 3 is 1.87 bits per heavy atom. The number of phenolic OH excluding ortho intramolecular Hbond substituents is 1. The Morgan fingerprint density at radius 1 is 0.689 bits per heavy atom. The standard InChI is InChI=1S/C48H40N4O9/c1-3-59-41(55)23-27-19-29-9-7-17-49-44(29)37(21-27)51-25-35-39(53)15-13-33-43(31-11-5-6-12-32(31)48(57)58)34-14-16-40(54)36(47(34)61-46(33)35)26-52-38-22-28(24-42(56)60-4-2)20-30-10-8-18-50-45(30)38/h5-22,51-53H,3-4,23-26H2,1-2H3,(H,57,58). The van der Waals surface area contributed by atoms with Crippen molar-refractivity contribution in [2.24, 2.45) is 0 Å². The zero-order valence-electron chi connectivity index (χ0n) is 33.3. The Morgan fingerprint density at radius 2 is 1.28 bits per heavy atom. The molecule has 0 unspecified atom stereocenters. The van der Waals surface area contributed by atoms with Crippen LogP contribution in [0.4, 0.5) is 11.4 Å². The van der Waals surface area contributed by atoms with Crippen LogP contribution in [0.1, 0.15) is 46.5 Å². The number of aromatic nitrogens is 2. The summed E-state index contributed by atoms with van der Waals surface area (Å²) in [7, 11) is 0. The SMILES string of the molecule is CCOC(=O)Cc1cc(NCc2c3oc4c(CNc5cc(CC(=O)OCC)cc6cccnc56)c(O)ccc4c(-c4ccccc4C(=O)O)c-3ccc2=O)c2ncccc2c1. The average molecular weight is 817 g/mol. The predicted molar refractivity (Wildman–Crippen MR) is 232 cm³/mol. The average Bonchev–Trinajstić information content (AvgIpc) is 3.25. The summed E-state index contributed by atoms with van der Waals surface area (Å²) in [6.45, 7) is 3.95. The lowest BCUT2D eigenvalue weighted by Crippen LogP contribution is -2.16. The molecule has 0 saturated heterocycles. The number of pyridine rings is 2. The number of aromatic carboxylic acids is 1. The molecular weight excluding hydrogens is 777 g/mol. The first-order valence-electron chi connectivity index (χ1n) is 19.7. The molecule has 8 rings (SSSR count).